The third-order valence-electron chi connectivity index (χ3n) is 2.66. The maximum atomic E-state index is 4.51. The maximum absolute atomic E-state index is 4.51. The summed E-state index contributed by atoms with van der Waals surface area (Å²) in [6, 6.07) is 9.54. The summed E-state index contributed by atoms with van der Waals surface area (Å²) in [4.78, 5) is 8.77. The maximum Gasteiger partial charge on any atom is 0.155 e. The molecule has 0 unspecified atom stereocenters. The van der Waals surface area contributed by atoms with Gasteiger partial charge in [-0.1, -0.05) is 6.07 Å². The molecule has 0 radical (unpaired) electrons. The summed E-state index contributed by atoms with van der Waals surface area (Å²) in [6.45, 7) is 2.00. The van der Waals surface area contributed by atoms with Gasteiger partial charge in [0, 0.05) is 16.9 Å². The van der Waals surface area contributed by atoms with Crippen LogP contribution >= 0.6 is 15.9 Å². The third-order valence-corrected chi connectivity index (χ3v) is 3.13. The number of hydrogen-bond donors (Lipinski definition) is 1. The van der Waals surface area contributed by atoms with E-state index in [9.17, 15) is 0 Å². The van der Waals surface area contributed by atoms with Crippen LogP contribution in [0.2, 0.25) is 0 Å². The molecule has 0 spiro atoms. The summed E-state index contributed by atoms with van der Waals surface area (Å²) in [5.74, 6) is 2.24. The molecule has 0 aliphatic rings. The predicted molar refractivity (Wildman–Crippen MR) is 81.3 cm³/mol. The lowest BCUT2D eigenvalue weighted by Crippen LogP contribution is -2.01. The van der Waals surface area contributed by atoms with Gasteiger partial charge in [0.05, 0.1) is 6.20 Å². The first-order valence-corrected chi connectivity index (χ1v) is 6.87. The van der Waals surface area contributed by atoms with Crippen LogP contribution in [-0.2, 0) is 0 Å². The molecule has 0 fully saturated rings. The van der Waals surface area contributed by atoms with E-state index < -0.39 is 0 Å². The van der Waals surface area contributed by atoms with Crippen LogP contribution in [0.15, 0.2) is 53.4 Å². The van der Waals surface area contributed by atoms with Crippen LogP contribution < -0.4 is 5.32 Å². The normalized spacial score (nSPS) is 10.5. The molecule has 6 heteroatoms. The number of aromatic nitrogens is 4. The first-order chi connectivity index (χ1) is 9.70. The molecule has 0 saturated heterocycles. The molecule has 0 bridgehead atoms. The van der Waals surface area contributed by atoms with Gasteiger partial charge in [0.15, 0.2) is 5.82 Å². The zero-order valence-electron chi connectivity index (χ0n) is 10.8. The largest absolute Gasteiger partial charge is 0.325 e. The molecule has 3 rings (SSSR count). The third kappa shape index (κ3) is 2.85. The molecule has 3 aromatic heterocycles. The molecule has 100 valence electrons. The van der Waals surface area contributed by atoms with Gasteiger partial charge < -0.3 is 5.32 Å². The van der Waals surface area contributed by atoms with Gasteiger partial charge in [-0.05, 0) is 52.7 Å². The number of rotatable bonds is 3. The molecule has 0 amide bonds. The van der Waals surface area contributed by atoms with Crippen molar-refractivity contribution in [3.05, 3.63) is 59.0 Å². The Kier molecular flexibility index (Phi) is 3.47. The lowest BCUT2D eigenvalue weighted by atomic mass is 10.4. The summed E-state index contributed by atoms with van der Waals surface area (Å²) in [5.41, 5.74) is 1.10. The molecule has 5 nitrogen and oxygen atoms in total. The molecular formula is C14H12BrN5. The van der Waals surface area contributed by atoms with E-state index >= 15 is 0 Å². The van der Waals surface area contributed by atoms with Crippen molar-refractivity contribution in [1.29, 1.82) is 0 Å². The van der Waals surface area contributed by atoms with Crippen LogP contribution in [0.1, 0.15) is 5.56 Å². The van der Waals surface area contributed by atoms with E-state index in [1.807, 2.05) is 43.5 Å². The van der Waals surface area contributed by atoms with Gasteiger partial charge in [0.25, 0.3) is 0 Å². The number of hydrogen-bond acceptors (Lipinski definition) is 4. The van der Waals surface area contributed by atoms with Gasteiger partial charge in [-0.2, -0.15) is 5.10 Å². The van der Waals surface area contributed by atoms with Crippen LogP contribution in [0.25, 0.3) is 5.82 Å². The first-order valence-electron chi connectivity index (χ1n) is 6.08. The van der Waals surface area contributed by atoms with E-state index in [0.717, 1.165) is 27.5 Å². The minimum Gasteiger partial charge on any atom is -0.325 e. The minimum atomic E-state index is 0.727. The highest BCUT2D eigenvalue weighted by Crippen LogP contribution is 2.16. The molecular weight excluding hydrogens is 318 g/mol. The van der Waals surface area contributed by atoms with Crippen molar-refractivity contribution < 1.29 is 0 Å². The highest BCUT2D eigenvalue weighted by atomic mass is 79.9. The zero-order chi connectivity index (χ0) is 13.9. The van der Waals surface area contributed by atoms with E-state index in [4.69, 9.17) is 0 Å². The summed E-state index contributed by atoms with van der Waals surface area (Å²) >= 11 is 3.36. The Hall–Kier alpha value is -2.21. The highest BCUT2D eigenvalue weighted by molar-refractivity contribution is 9.10. The Morgan fingerprint density at radius 1 is 1.10 bits per heavy atom. The molecule has 1 N–H and O–H groups in total. The van der Waals surface area contributed by atoms with Gasteiger partial charge >= 0.3 is 0 Å². The van der Waals surface area contributed by atoms with Crippen LogP contribution in [0, 0.1) is 6.92 Å². The van der Waals surface area contributed by atoms with Crippen LogP contribution in [0.3, 0.4) is 0 Å². The first kappa shape index (κ1) is 12.8. The Balaban J connectivity index is 1.86. The zero-order valence-corrected chi connectivity index (χ0v) is 12.4. The molecule has 0 atom stereocenters. The minimum absolute atomic E-state index is 0.727. The standard InChI is InChI=1S/C14H12BrN5/c1-10-7-17-20(9-10)14-4-2-3-13(19-14)18-12-6-5-11(15)8-16-12/h2-9H,1H3,(H,16,18,19). The average molecular weight is 330 g/mol. The average Bonchev–Trinajstić information content (AvgIpc) is 2.89. The lowest BCUT2D eigenvalue weighted by molar-refractivity contribution is 0.848. The van der Waals surface area contributed by atoms with E-state index in [1.165, 1.54) is 0 Å². The van der Waals surface area contributed by atoms with E-state index in [2.05, 4.69) is 36.3 Å². The van der Waals surface area contributed by atoms with Crippen molar-refractivity contribution in [2.75, 3.05) is 5.32 Å². The smallest absolute Gasteiger partial charge is 0.155 e. The van der Waals surface area contributed by atoms with Crippen LogP contribution in [0.4, 0.5) is 11.6 Å². The van der Waals surface area contributed by atoms with Gasteiger partial charge in [0.2, 0.25) is 0 Å². The van der Waals surface area contributed by atoms with Gasteiger partial charge in [-0.15, -0.1) is 0 Å². The van der Waals surface area contributed by atoms with Gasteiger partial charge in [-0.3, -0.25) is 0 Å². The molecule has 0 aromatic carbocycles. The van der Waals surface area contributed by atoms with Crippen molar-refractivity contribution in [1.82, 2.24) is 19.7 Å². The Labute approximate surface area is 124 Å². The molecule has 0 saturated carbocycles. The van der Waals surface area contributed by atoms with E-state index in [0.29, 0.717) is 0 Å². The second-order valence-electron chi connectivity index (χ2n) is 4.33. The number of nitrogens with one attached hydrogen (secondary N) is 1. The Morgan fingerprint density at radius 2 is 2.00 bits per heavy atom. The lowest BCUT2D eigenvalue weighted by Gasteiger charge is -2.06. The number of halogens is 1. The van der Waals surface area contributed by atoms with Crippen LogP contribution in [0.5, 0.6) is 0 Å². The van der Waals surface area contributed by atoms with E-state index in [-0.39, 0.29) is 0 Å². The SMILES string of the molecule is Cc1cnn(-c2cccc(Nc3ccc(Br)cn3)n2)c1. The predicted octanol–water partition coefficient (Wildman–Crippen LogP) is 3.48. The van der Waals surface area contributed by atoms with Crippen molar-refractivity contribution in [3.63, 3.8) is 0 Å². The van der Waals surface area contributed by atoms with Gasteiger partial charge in [0.1, 0.15) is 11.6 Å². The number of pyridine rings is 2. The fourth-order valence-electron chi connectivity index (χ4n) is 1.74. The van der Waals surface area contributed by atoms with Gasteiger partial charge in [-0.25, -0.2) is 14.6 Å². The summed E-state index contributed by atoms with van der Waals surface area (Å²) < 4.78 is 2.69. The van der Waals surface area contributed by atoms with Crippen molar-refractivity contribution in [2.24, 2.45) is 0 Å². The molecule has 0 aliphatic heterocycles. The van der Waals surface area contributed by atoms with E-state index in [1.54, 1.807) is 17.1 Å². The summed E-state index contributed by atoms with van der Waals surface area (Å²) in [6.07, 6.45) is 5.48. The van der Waals surface area contributed by atoms with Crippen LogP contribution in [-0.4, -0.2) is 19.7 Å². The summed E-state index contributed by atoms with van der Waals surface area (Å²) in [5, 5.41) is 7.41. The number of nitrogens with zero attached hydrogens (tertiary/aromatic N) is 4. The van der Waals surface area contributed by atoms with Crippen molar-refractivity contribution in [2.45, 2.75) is 6.92 Å². The second kappa shape index (κ2) is 5.42. The second-order valence-corrected chi connectivity index (χ2v) is 5.25. The quantitative estimate of drug-likeness (QED) is 0.799. The number of anilines is 2. The van der Waals surface area contributed by atoms with Crippen molar-refractivity contribution in [3.8, 4) is 5.82 Å². The topological polar surface area (TPSA) is 55.6 Å². The Bertz CT molecular complexity index is 720. The monoisotopic (exact) mass is 329 g/mol. The Morgan fingerprint density at radius 3 is 2.70 bits per heavy atom. The molecule has 0 aliphatic carbocycles. The van der Waals surface area contributed by atoms with Crippen molar-refractivity contribution >= 4 is 27.6 Å². The fraction of sp³-hybridized carbons (Fsp3) is 0.0714. The summed E-state index contributed by atoms with van der Waals surface area (Å²) in [7, 11) is 0. The fourth-order valence-corrected chi connectivity index (χ4v) is 1.97. The number of aryl methyl sites for hydroxylation is 1. The molecule has 3 heterocycles. The highest BCUT2D eigenvalue weighted by Gasteiger charge is 2.02. The molecule has 3 aromatic rings. The molecule has 20 heavy (non-hydrogen) atoms.